The van der Waals surface area contributed by atoms with Crippen LogP contribution in [-0.4, -0.2) is 9.97 Å². The van der Waals surface area contributed by atoms with Crippen molar-refractivity contribution in [2.24, 2.45) is 0 Å². The lowest BCUT2D eigenvalue weighted by Gasteiger charge is -2.04. The predicted octanol–water partition coefficient (Wildman–Crippen LogP) is 4.35. The van der Waals surface area contributed by atoms with E-state index in [1.807, 2.05) is 0 Å². The second-order valence-electron chi connectivity index (χ2n) is 3.49. The molecule has 6 heteroatoms. The topological polar surface area (TPSA) is 43.2 Å². The summed E-state index contributed by atoms with van der Waals surface area (Å²) in [7, 11) is 0. The van der Waals surface area contributed by atoms with Crippen molar-refractivity contribution in [1.29, 1.82) is 0 Å². The Morgan fingerprint density at radius 3 is 2.00 bits per heavy atom. The van der Waals surface area contributed by atoms with Gasteiger partial charge in [-0.25, -0.2) is 4.85 Å². The Labute approximate surface area is 115 Å². The second-order valence-corrected chi connectivity index (χ2v) is 3.49. The van der Waals surface area contributed by atoms with Gasteiger partial charge >= 0.3 is 0 Å². The average molecular weight is 256 g/mol. The van der Waals surface area contributed by atoms with Gasteiger partial charge in [-0.05, 0) is 12.1 Å². The second kappa shape index (κ2) is 5.27. The van der Waals surface area contributed by atoms with Gasteiger partial charge in [0, 0.05) is 6.20 Å². The molecule has 2 heterocycles. The Balaban J connectivity index is 2.93. The summed E-state index contributed by atoms with van der Waals surface area (Å²) in [6.07, 6.45) is 1.53. The molecule has 0 spiro atoms. The first-order chi connectivity index (χ1) is 9.76. The van der Waals surface area contributed by atoms with Gasteiger partial charge in [0.15, 0.2) is 11.4 Å². The quantitative estimate of drug-likeness (QED) is 0.712. The third kappa shape index (κ3) is 1.91. The van der Waals surface area contributed by atoms with Gasteiger partial charge in [-0.1, -0.05) is 12.6 Å². The van der Waals surface area contributed by atoms with Crippen LogP contribution in [0.2, 0.25) is 0 Å². The molecule has 0 bridgehead atoms. The van der Waals surface area contributed by atoms with Gasteiger partial charge in [0.25, 0.3) is 5.82 Å². The highest BCUT2D eigenvalue weighted by atomic mass is 15.0. The number of hydrogen-bond acceptors (Lipinski definition) is 2. The van der Waals surface area contributed by atoms with Crippen molar-refractivity contribution in [1.82, 2.24) is 9.97 Å². The highest BCUT2D eigenvalue weighted by molar-refractivity contribution is 5.97. The van der Waals surface area contributed by atoms with Gasteiger partial charge < -0.3 is 4.85 Å². The molecule has 0 atom stereocenters. The first-order valence-electron chi connectivity index (χ1n) is 5.26. The molecule has 6 nitrogen and oxygen atoms in total. The Morgan fingerprint density at radius 2 is 1.50 bits per heavy atom. The molecule has 0 saturated carbocycles. The summed E-state index contributed by atoms with van der Waals surface area (Å²) in [6, 6.07) is 5.06. The molecule has 90 valence electrons. The SMILES string of the molecule is [C-]#[N+]c1nc(-c2ccccn2)c([N+]#[C-])c([N+]#[C-])c1[N+]#[C-]. The normalized spacial score (nSPS) is 8.80. The summed E-state index contributed by atoms with van der Waals surface area (Å²) in [5, 5.41) is 0. The number of pyridine rings is 2. The zero-order valence-corrected chi connectivity index (χ0v) is 9.99. The summed E-state index contributed by atoms with van der Waals surface area (Å²) in [5.74, 6) is -0.181. The van der Waals surface area contributed by atoms with E-state index in [9.17, 15) is 0 Å². The van der Waals surface area contributed by atoms with Crippen molar-refractivity contribution in [3.8, 4) is 11.4 Å². The molecule has 0 aliphatic carbocycles. The zero-order chi connectivity index (χ0) is 14.5. The Morgan fingerprint density at radius 1 is 0.800 bits per heavy atom. The third-order valence-corrected chi connectivity index (χ3v) is 2.45. The molecular weight excluding hydrogens is 252 g/mol. The fourth-order valence-corrected chi connectivity index (χ4v) is 1.62. The van der Waals surface area contributed by atoms with Crippen molar-refractivity contribution in [2.45, 2.75) is 0 Å². The largest absolute Gasteiger partial charge is 0.373 e. The average Bonchev–Trinajstić information content (AvgIpc) is 2.53. The van der Waals surface area contributed by atoms with E-state index in [1.54, 1.807) is 18.2 Å². The molecule has 0 radical (unpaired) electrons. The van der Waals surface area contributed by atoms with Crippen LogP contribution in [0.25, 0.3) is 30.8 Å². The van der Waals surface area contributed by atoms with Crippen LogP contribution in [0.5, 0.6) is 0 Å². The smallest absolute Gasteiger partial charge is 0.260 e. The van der Waals surface area contributed by atoms with Crippen LogP contribution >= 0.6 is 0 Å². The summed E-state index contributed by atoms with van der Waals surface area (Å²) in [6.45, 7) is 28.5. The van der Waals surface area contributed by atoms with Crippen LogP contribution in [0, 0.1) is 26.3 Å². The Bertz CT molecular complexity index is 841. The van der Waals surface area contributed by atoms with Crippen molar-refractivity contribution in [2.75, 3.05) is 0 Å². The third-order valence-electron chi connectivity index (χ3n) is 2.45. The Kier molecular flexibility index (Phi) is 3.35. The van der Waals surface area contributed by atoms with Crippen LogP contribution < -0.4 is 0 Å². The lowest BCUT2D eigenvalue weighted by atomic mass is 10.1. The molecular formula is C14H4N6. The fourth-order valence-electron chi connectivity index (χ4n) is 1.62. The lowest BCUT2D eigenvalue weighted by molar-refractivity contribution is 1.27. The maximum Gasteiger partial charge on any atom is 0.260 e. The van der Waals surface area contributed by atoms with Crippen LogP contribution in [0.3, 0.4) is 0 Å². The van der Waals surface area contributed by atoms with Crippen molar-refractivity contribution < 1.29 is 0 Å². The maximum absolute atomic E-state index is 7.21. The van der Waals surface area contributed by atoms with Gasteiger partial charge in [0.2, 0.25) is 11.4 Å². The molecule has 2 aromatic rings. The first-order valence-corrected chi connectivity index (χ1v) is 5.26. The van der Waals surface area contributed by atoms with E-state index in [2.05, 4.69) is 29.3 Å². The molecule has 20 heavy (non-hydrogen) atoms. The molecule has 2 aromatic heterocycles. The molecule has 0 aromatic carbocycles. The zero-order valence-electron chi connectivity index (χ0n) is 9.99. The minimum Gasteiger partial charge on any atom is -0.373 e. The number of aromatic nitrogens is 2. The van der Waals surface area contributed by atoms with E-state index < -0.39 is 0 Å². The first kappa shape index (κ1) is 12.7. The predicted molar refractivity (Wildman–Crippen MR) is 72.5 cm³/mol. The standard InChI is InChI=1S/C14H4N6/c1-15-11-10(9-7-5-6-8-19-9)20-14(18-4)13(17-3)12(11)16-2/h5-8H. The van der Waals surface area contributed by atoms with E-state index in [-0.39, 0.29) is 28.6 Å². The summed E-state index contributed by atoms with van der Waals surface area (Å²) >= 11 is 0. The van der Waals surface area contributed by atoms with E-state index in [4.69, 9.17) is 26.3 Å². The molecule has 0 saturated heterocycles. The van der Waals surface area contributed by atoms with Crippen LogP contribution in [-0.2, 0) is 0 Å². The highest BCUT2D eigenvalue weighted by Gasteiger charge is 2.24. The van der Waals surface area contributed by atoms with Crippen molar-refractivity contribution in [3.05, 3.63) is 70.1 Å². The number of hydrogen-bond donors (Lipinski definition) is 0. The highest BCUT2D eigenvalue weighted by Crippen LogP contribution is 2.47. The van der Waals surface area contributed by atoms with Gasteiger partial charge in [-0.3, -0.25) is 14.7 Å². The molecule has 0 unspecified atom stereocenters. The minimum absolute atomic E-state index is 0.0444. The summed E-state index contributed by atoms with van der Waals surface area (Å²) in [4.78, 5) is 20.9. The lowest BCUT2D eigenvalue weighted by Crippen LogP contribution is -1.87. The van der Waals surface area contributed by atoms with E-state index in [1.165, 1.54) is 6.20 Å². The summed E-state index contributed by atoms with van der Waals surface area (Å²) < 4.78 is 0. The van der Waals surface area contributed by atoms with Crippen molar-refractivity contribution in [3.63, 3.8) is 0 Å². The Hall–Kier alpha value is -3.74. The number of rotatable bonds is 1. The molecule has 0 fully saturated rings. The van der Waals surface area contributed by atoms with Crippen LogP contribution in [0.15, 0.2) is 24.4 Å². The van der Waals surface area contributed by atoms with Gasteiger partial charge in [0.05, 0.1) is 25.4 Å². The maximum atomic E-state index is 7.21. The monoisotopic (exact) mass is 256 g/mol. The molecule has 0 aliphatic heterocycles. The molecule has 2 rings (SSSR count). The van der Waals surface area contributed by atoms with E-state index >= 15 is 0 Å². The minimum atomic E-state index is -0.181. The molecule has 0 aliphatic rings. The van der Waals surface area contributed by atoms with E-state index in [0.29, 0.717) is 5.69 Å². The van der Waals surface area contributed by atoms with Crippen molar-refractivity contribution >= 4 is 22.9 Å². The van der Waals surface area contributed by atoms with Crippen LogP contribution in [0.4, 0.5) is 22.9 Å². The molecule has 0 amide bonds. The number of nitrogens with zero attached hydrogens (tertiary/aromatic N) is 6. The van der Waals surface area contributed by atoms with Gasteiger partial charge in [0.1, 0.15) is 0 Å². The summed E-state index contributed by atoms with van der Waals surface area (Å²) in [5.41, 5.74) is 0.185. The molecule has 0 N–H and O–H groups in total. The van der Waals surface area contributed by atoms with E-state index in [0.717, 1.165) is 0 Å². The van der Waals surface area contributed by atoms with Gasteiger partial charge in [-0.15, -0.1) is 4.98 Å². The fraction of sp³-hybridized carbons (Fsp3) is 0. The van der Waals surface area contributed by atoms with Gasteiger partial charge in [-0.2, -0.15) is 0 Å². The van der Waals surface area contributed by atoms with Crippen LogP contribution in [0.1, 0.15) is 0 Å².